The number of likely N-dealkylation sites (N-methyl/N-ethyl adjacent to an activating group) is 1. The molecule has 0 spiro atoms. The van der Waals surface area contributed by atoms with E-state index in [9.17, 15) is 4.79 Å². The Morgan fingerprint density at radius 2 is 1.95 bits per heavy atom. The molecule has 0 bridgehead atoms. The van der Waals surface area contributed by atoms with Crippen LogP contribution in [0.15, 0.2) is 29.1 Å². The van der Waals surface area contributed by atoms with E-state index in [0.717, 1.165) is 5.52 Å². The molecule has 1 aromatic carbocycles. The largest absolute Gasteiger partial charge is 0.332 e. The summed E-state index contributed by atoms with van der Waals surface area (Å²) in [6, 6.07) is 7.75. The van der Waals surface area contributed by atoms with E-state index in [-0.39, 0.29) is 11.6 Å². The van der Waals surface area contributed by atoms with Gasteiger partial charge in [-0.1, -0.05) is 26.0 Å². The Labute approximate surface area is 124 Å². The van der Waals surface area contributed by atoms with Gasteiger partial charge in [0, 0.05) is 12.6 Å². The molecule has 2 rings (SSSR count). The lowest BCUT2D eigenvalue weighted by molar-refractivity contribution is 0.204. The van der Waals surface area contributed by atoms with Crippen molar-refractivity contribution in [3.05, 3.63) is 39.4 Å². The summed E-state index contributed by atoms with van der Waals surface area (Å²) in [5, 5.41) is 0.683. The SMILES string of the molecule is CC(C)C(Cn1c(=S)[nH]c2ccccc2c1=O)N(C)C. The Hall–Kier alpha value is -1.46. The molecule has 0 aliphatic heterocycles. The van der Waals surface area contributed by atoms with Gasteiger partial charge >= 0.3 is 0 Å². The lowest BCUT2D eigenvalue weighted by Gasteiger charge is -2.28. The van der Waals surface area contributed by atoms with Gasteiger partial charge in [-0.05, 0) is 44.4 Å². The molecule has 0 saturated carbocycles. The Balaban J connectivity index is 2.55. The second-order valence-corrected chi connectivity index (χ2v) is 6.05. The number of benzene rings is 1. The monoisotopic (exact) mass is 291 g/mol. The molecule has 4 nitrogen and oxygen atoms in total. The summed E-state index contributed by atoms with van der Waals surface area (Å²) in [5.74, 6) is 0.442. The molecule has 1 unspecified atom stereocenters. The average Bonchev–Trinajstić information content (AvgIpc) is 2.37. The van der Waals surface area contributed by atoms with Gasteiger partial charge in [-0.25, -0.2) is 0 Å². The van der Waals surface area contributed by atoms with Crippen LogP contribution in [0.2, 0.25) is 0 Å². The quantitative estimate of drug-likeness (QED) is 0.881. The van der Waals surface area contributed by atoms with Gasteiger partial charge < -0.3 is 9.88 Å². The van der Waals surface area contributed by atoms with Crippen molar-refractivity contribution in [2.75, 3.05) is 14.1 Å². The van der Waals surface area contributed by atoms with Crippen LogP contribution < -0.4 is 5.56 Å². The maximum Gasteiger partial charge on any atom is 0.262 e. The highest BCUT2D eigenvalue weighted by atomic mass is 32.1. The lowest BCUT2D eigenvalue weighted by Crippen LogP contribution is -2.39. The molecule has 0 amide bonds. The molecule has 0 aliphatic rings. The number of fused-ring (bicyclic) bond motifs is 1. The van der Waals surface area contributed by atoms with Crippen molar-refractivity contribution in [2.24, 2.45) is 5.92 Å². The van der Waals surface area contributed by atoms with Gasteiger partial charge in [0.05, 0.1) is 10.9 Å². The highest BCUT2D eigenvalue weighted by Crippen LogP contribution is 2.11. The topological polar surface area (TPSA) is 41.0 Å². The molecule has 1 heterocycles. The van der Waals surface area contributed by atoms with Crippen molar-refractivity contribution in [3.8, 4) is 0 Å². The Morgan fingerprint density at radius 1 is 1.30 bits per heavy atom. The normalized spacial score (nSPS) is 13.3. The zero-order valence-corrected chi connectivity index (χ0v) is 13.2. The van der Waals surface area contributed by atoms with Crippen molar-refractivity contribution >= 4 is 23.1 Å². The number of H-pyrrole nitrogens is 1. The second kappa shape index (κ2) is 5.89. The summed E-state index contributed by atoms with van der Waals surface area (Å²) >= 11 is 5.35. The lowest BCUT2D eigenvalue weighted by atomic mass is 10.0. The molecule has 108 valence electrons. The third kappa shape index (κ3) is 2.83. The average molecular weight is 291 g/mol. The summed E-state index contributed by atoms with van der Waals surface area (Å²) in [6.07, 6.45) is 0. The van der Waals surface area contributed by atoms with Crippen molar-refractivity contribution in [2.45, 2.75) is 26.4 Å². The third-order valence-corrected chi connectivity index (χ3v) is 4.01. The van der Waals surface area contributed by atoms with E-state index in [1.807, 2.05) is 38.4 Å². The molecule has 0 aliphatic carbocycles. The fourth-order valence-electron chi connectivity index (χ4n) is 2.52. The van der Waals surface area contributed by atoms with Crippen LogP contribution in [0, 0.1) is 10.7 Å². The first kappa shape index (κ1) is 14.9. The smallest absolute Gasteiger partial charge is 0.262 e. The summed E-state index contributed by atoms with van der Waals surface area (Å²) < 4.78 is 2.16. The van der Waals surface area contributed by atoms with Crippen LogP contribution >= 0.6 is 12.2 Å². The number of para-hydroxylation sites is 1. The van der Waals surface area contributed by atoms with Crippen molar-refractivity contribution in [3.63, 3.8) is 0 Å². The number of aromatic amines is 1. The molecule has 1 atom stereocenters. The minimum Gasteiger partial charge on any atom is -0.332 e. The summed E-state index contributed by atoms with van der Waals surface area (Å²) in [7, 11) is 4.06. The standard InChI is InChI=1S/C15H21N3OS/c1-10(2)13(17(3)4)9-18-14(19)11-7-5-6-8-12(11)16-15(18)20/h5-8,10,13H,9H2,1-4H3,(H,16,20). The van der Waals surface area contributed by atoms with E-state index in [1.54, 1.807) is 4.57 Å². The molecular weight excluding hydrogens is 270 g/mol. The minimum atomic E-state index is -0.0168. The van der Waals surface area contributed by atoms with E-state index < -0.39 is 0 Å². The van der Waals surface area contributed by atoms with Gasteiger partial charge in [0.1, 0.15) is 0 Å². The predicted octanol–water partition coefficient (Wildman–Crippen LogP) is 2.65. The first-order valence-electron chi connectivity index (χ1n) is 6.80. The van der Waals surface area contributed by atoms with Gasteiger partial charge in [-0.15, -0.1) is 0 Å². The number of aromatic nitrogens is 2. The molecular formula is C15H21N3OS. The highest BCUT2D eigenvalue weighted by Gasteiger charge is 2.18. The van der Waals surface area contributed by atoms with Gasteiger partial charge in [0.15, 0.2) is 4.77 Å². The number of hydrogen-bond donors (Lipinski definition) is 1. The molecule has 1 aromatic heterocycles. The molecule has 5 heteroatoms. The van der Waals surface area contributed by atoms with Crippen LogP contribution in [0.5, 0.6) is 0 Å². The van der Waals surface area contributed by atoms with Crippen LogP contribution in [-0.2, 0) is 6.54 Å². The third-order valence-electron chi connectivity index (χ3n) is 3.69. The van der Waals surface area contributed by atoms with Crippen LogP contribution in [0.25, 0.3) is 10.9 Å². The Morgan fingerprint density at radius 3 is 2.55 bits per heavy atom. The zero-order valence-electron chi connectivity index (χ0n) is 12.4. The molecule has 1 N–H and O–H groups in total. The van der Waals surface area contributed by atoms with Crippen LogP contribution in [0.4, 0.5) is 0 Å². The minimum absolute atomic E-state index is 0.0168. The van der Waals surface area contributed by atoms with Crippen molar-refractivity contribution in [1.82, 2.24) is 14.5 Å². The van der Waals surface area contributed by atoms with E-state index in [1.165, 1.54) is 0 Å². The van der Waals surface area contributed by atoms with Gasteiger partial charge in [-0.2, -0.15) is 0 Å². The van der Waals surface area contributed by atoms with E-state index in [0.29, 0.717) is 22.6 Å². The van der Waals surface area contributed by atoms with Crippen LogP contribution in [-0.4, -0.2) is 34.6 Å². The maximum absolute atomic E-state index is 12.6. The molecule has 0 radical (unpaired) electrons. The first-order chi connectivity index (χ1) is 9.41. The molecule has 0 saturated heterocycles. The maximum atomic E-state index is 12.6. The number of rotatable bonds is 4. The molecule has 20 heavy (non-hydrogen) atoms. The van der Waals surface area contributed by atoms with Gasteiger partial charge in [0.2, 0.25) is 0 Å². The predicted molar refractivity (Wildman–Crippen MR) is 85.7 cm³/mol. The fraction of sp³-hybridized carbons (Fsp3) is 0.467. The first-order valence-corrected chi connectivity index (χ1v) is 7.21. The number of hydrogen-bond acceptors (Lipinski definition) is 3. The van der Waals surface area contributed by atoms with Crippen LogP contribution in [0.3, 0.4) is 0 Å². The number of nitrogens with zero attached hydrogens (tertiary/aromatic N) is 2. The molecule has 2 aromatic rings. The Bertz CT molecular complexity index is 707. The van der Waals surface area contributed by atoms with Crippen molar-refractivity contribution in [1.29, 1.82) is 0 Å². The van der Waals surface area contributed by atoms with Crippen molar-refractivity contribution < 1.29 is 0 Å². The molecule has 0 fully saturated rings. The fourth-order valence-corrected chi connectivity index (χ4v) is 2.79. The summed E-state index contributed by atoms with van der Waals surface area (Å²) in [5.41, 5.74) is 0.779. The summed E-state index contributed by atoms with van der Waals surface area (Å²) in [4.78, 5) is 17.9. The zero-order chi connectivity index (χ0) is 14.9. The van der Waals surface area contributed by atoms with E-state index in [4.69, 9.17) is 12.2 Å². The van der Waals surface area contributed by atoms with Crippen LogP contribution in [0.1, 0.15) is 13.8 Å². The Kier molecular flexibility index (Phi) is 4.40. The van der Waals surface area contributed by atoms with E-state index in [2.05, 4.69) is 23.7 Å². The van der Waals surface area contributed by atoms with Gasteiger partial charge in [0.25, 0.3) is 5.56 Å². The second-order valence-electron chi connectivity index (χ2n) is 5.67. The summed E-state index contributed by atoms with van der Waals surface area (Å²) in [6.45, 7) is 4.91. The highest BCUT2D eigenvalue weighted by molar-refractivity contribution is 7.71. The van der Waals surface area contributed by atoms with E-state index >= 15 is 0 Å². The van der Waals surface area contributed by atoms with Gasteiger partial charge in [-0.3, -0.25) is 9.36 Å². The number of nitrogens with one attached hydrogen (secondary N) is 1.